The molecule has 1 aromatic heterocycles. The molecule has 1 N–H and O–H groups in total. The molecule has 3 nitrogen and oxygen atoms in total. The fourth-order valence-electron chi connectivity index (χ4n) is 2.08. The van der Waals surface area contributed by atoms with Crippen LogP contribution in [0.1, 0.15) is 39.1 Å². The van der Waals surface area contributed by atoms with Gasteiger partial charge in [0, 0.05) is 23.6 Å². The van der Waals surface area contributed by atoms with E-state index in [4.69, 9.17) is 0 Å². The van der Waals surface area contributed by atoms with Gasteiger partial charge in [0.05, 0.1) is 5.69 Å². The number of nitrogens with zero attached hydrogens (tertiary/aromatic N) is 2. The largest absolute Gasteiger partial charge is 0.370 e. The summed E-state index contributed by atoms with van der Waals surface area (Å²) in [5.74, 6) is 1.31. The van der Waals surface area contributed by atoms with E-state index in [0.717, 1.165) is 29.4 Å². The summed E-state index contributed by atoms with van der Waals surface area (Å²) in [6, 6.07) is 6.95. The second-order valence-electron chi connectivity index (χ2n) is 6.15. The molecule has 0 aliphatic rings. The van der Waals surface area contributed by atoms with E-state index in [1.165, 1.54) is 6.07 Å². The minimum Gasteiger partial charge on any atom is -0.370 e. The van der Waals surface area contributed by atoms with Crippen LogP contribution in [0.3, 0.4) is 0 Å². The van der Waals surface area contributed by atoms with Gasteiger partial charge in [0.2, 0.25) is 0 Å². The maximum absolute atomic E-state index is 13.8. The topological polar surface area (TPSA) is 37.8 Å². The van der Waals surface area contributed by atoms with Gasteiger partial charge in [-0.25, -0.2) is 14.4 Å². The van der Waals surface area contributed by atoms with E-state index in [1.807, 2.05) is 19.1 Å². The number of halogens is 1. The van der Waals surface area contributed by atoms with Crippen molar-refractivity contribution in [3.05, 3.63) is 41.5 Å². The Balaban J connectivity index is 2.62. The van der Waals surface area contributed by atoms with Gasteiger partial charge in [0.1, 0.15) is 17.5 Å². The lowest BCUT2D eigenvalue weighted by Crippen LogP contribution is -2.18. The van der Waals surface area contributed by atoms with E-state index < -0.39 is 0 Å². The molecule has 2 aromatic rings. The van der Waals surface area contributed by atoms with E-state index >= 15 is 0 Å². The maximum Gasteiger partial charge on any atom is 0.136 e. The fourth-order valence-corrected chi connectivity index (χ4v) is 2.08. The Morgan fingerprint density at radius 1 is 1.19 bits per heavy atom. The van der Waals surface area contributed by atoms with Gasteiger partial charge in [-0.15, -0.1) is 0 Å². The number of hydrogen-bond acceptors (Lipinski definition) is 3. The maximum atomic E-state index is 13.8. The molecule has 0 amide bonds. The smallest absolute Gasteiger partial charge is 0.136 e. The Hall–Kier alpha value is -1.97. The van der Waals surface area contributed by atoms with Crippen molar-refractivity contribution in [2.45, 2.75) is 40.0 Å². The normalized spacial score (nSPS) is 11.5. The molecule has 112 valence electrons. The molecule has 0 unspecified atom stereocenters. The van der Waals surface area contributed by atoms with E-state index in [-0.39, 0.29) is 11.2 Å². The molecule has 0 spiro atoms. The number of benzene rings is 1. The highest BCUT2D eigenvalue weighted by Crippen LogP contribution is 2.28. The van der Waals surface area contributed by atoms with Crippen LogP contribution in [0.5, 0.6) is 0 Å². The lowest BCUT2D eigenvalue weighted by molar-refractivity contribution is 0.546. The molecule has 0 fully saturated rings. The van der Waals surface area contributed by atoms with Crippen LogP contribution >= 0.6 is 0 Å². The molecule has 4 heteroatoms. The lowest BCUT2D eigenvalue weighted by Gasteiger charge is -2.19. The van der Waals surface area contributed by atoms with Crippen LogP contribution in [-0.4, -0.2) is 16.5 Å². The van der Waals surface area contributed by atoms with Gasteiger partial charge in [0.25, 0.3) is 0 Å². The predicted molar refractivity (Wildman–Crippen MR) is 85.0 cm³/mol. The van der Waals surface area contributed by atoms with Crippen LogP contribution < -0.4 is 5.32 Å². The molecule has 21 heavy (non-hydrogen) atoms. The van der Waals surface area contributed by atoms with Crippen LogP contribution in [0.25, 0.3) is 11.3 Å². The highest BCUT2D eigenvalue weighted by atomic mass is 19.1. The molecule has 1 heterocycles. The number of rotatable bonds is 3. The van der Waals surface area contributed by atoms with Gasteiger partial charge < -0.3 is 5.32 Å². The third-order valence-electron chi connectivity index (χ3n) is 3.30. The average Bonchev–Trinajstić information content (AvgIpc) is 2.41. The summed E-state index contributed by atoms with van der Waals surface area (Å²) in [4.78, 5) is 9.20. The van der Waals surface area contributed by atoms with E-state index in [9.17, 15) is 4.39 Å². The summed E-state index contributed by atoms with van der Waals surface area (Å²) in [7, 11) is 0. The van der Waals surface area contributed by atoms with E-state index in [2.05, 4.69) is 36.1 Å². The van der Waals surface area contributed by atoms with Crippen LogP contribution in [0.4, 0.5) is 10.2 Å². The van der Waals surface area contributed by atoms with Crippen molar-refractivity contribution >= 4 is 5.82 Å². The van der Waals surface area contributed by atoms with E-state index in [1.54, 1.807) is 13.0 Å². The molecule has 0 bridgehead atoms. The first-order valence-corrected chi connectivity index (χ1v) is 7.22. The van der Waals surface area contributed by atoms with Crippen LogP contribution in [0.2, 0.25) is 0 Å². The third-order valence-corrected chi connectivity index (χ3v) is 3.30. The zero-order valence-corrected chi connectivity index (χ0v) is 13.3. The first-order valence-electron chi connectivity index (χ1n) is 7.22. The molecule has 0 atom stereocenters. The molecular weight excluding hydrogens is 265 g/mol. The summed E-state index contributed by atoms with van der Waals surface area (Å²) in [6.45, 7) is 10.8. The summed E-state index contributed by atoms with van der Waals surface area (Å²) >= 11 is 0. The molecule has 0 saturated heterocycles. The number of hydrogen-bond donors (Lipinski definition) is 1. The van der Waals surface area contributed by atoms with Gasteiger partial charge in [-0.05, 0) is 25.5 Å². The van der Waals surface area contributed by atoms with E-state index in [0.29, 0.717) is 5.56 Å². The van der Waals surface area contributed by atoms with Gasteiger partial charge >= 0.3 is 0 Å². The van der Waals surface area contributed by atoms with Crippen molar-refractivity contribution in [2.75, 3.05) is 11.9 Å². The van der Waals surface area contributed by atoms with Crippen molar-refractivity contribution in [3.63, 3.8) is 0 Å². The van der Waals surface area contributed by atoms with Crippen molar-refractivity contribution in [1.82, 2.24) is 9.97 Å². The number of nitrogens with one attached hydrogen (secondary N) is 1. The average molecular weight is 287 g/mol. The third kappa shape index (κ3) is 3.38. The van der Waals surface area contributed by atoms with Gasteiger partial charge in [0.15, 0.2) is 0 Å². The molecule has 0 radical (unpaired) electrons. The Kier molecular flexibility index (Phi) is 4.26. The molecular formula is C17H22FN3. The Morgan fingerprint density at radius 3 is 2.52 bits per heavy atom. The summed E-state index contributed by atoms with van der Waals surface area (Å²) in [5.41, 5.74) is 2.00. The van der Waals surface area contributed by atoms with Gasteiger partial charge in [-0.3, -0.25) is 0 Å². The first-order chi connectivity index (χ1) is 9.82. The van der Waals surface area contributed by atoms with Crippen LogP contribution in [0, 0.1) is 12.7 Å². The Bertz CT molecular complexity index is 645. The predicted octanol–water partition coefficient (Wildman–Crippen LogP) is 4.32. The minimum absolute atomic E-state index is 0.165. The summed E-state index contributed by atoms with van der Waals surface area (Å²) < 4.78 is 13.8. The quantitative estimate of drug-likeness (QED) is 0.913. The van der Waals surface area contributed by atoms with Crippen molar-refractivity contribution in [1.29, 1.82) is 0 Å². The first kappa shape index (κ1) is 15.4. The monoisotopic (exact) mass is 287 g/mol. The van der Waals surface area contributed by atoms with Crippen LogP contribution in [-0.2, 0) is 5.41 Å². The molecule has 0 saturated carbocycles. The summed E-state index contributed by atoms with van der Waals surface area (Å²) in [5, 5.41) is 3.22. The van der Waals surface area contributed by atoms with Gasteiger partial charge in [-0.1, -0.05) is 32.9 Å². The van der Waals surface area contributed by atoms with Gasteiger partial charge in [-0.2, -0.15) is 0 Å². The number of aromatic nitrogens is 2. The second kappa shape index (κ2) is 5.80. The van der Waals surface area contributed by atoms with Crippen molar-refractivity contribution in [3.8, 4) is 11.3 Å². The highest BCUT2D eigenvalue weighted by Gasteiger charge is 2.20. The highest BCUT2D eigenvalue weighted by molar-refractivity contribution is 5.66. The summed E-state index contributed by atoms with van der Waals surface area (Å²) in [6.07, 6.45) is 0. The lowest BCUT2D eigenvalue weighted by atomic mass is 9.95. The van der Waals surface area contributed by atoms with Crippen LogP contribution in [0.15, 0.2) is 24.3 Å². The molecule has 2 rings (SSSR count). The van der Waals surface area contributed by atoms with Crippen molar-refractivity contribution in [2.24, 2.45) is 0 Å². The number of anilines is 1. The Morgan fingerprint density at radius 2 is 1.90 bits per heavy atom. The molecule has 1 aromatic carbocycles. The SMILES string of the molecule is CCNc1cc(-c2cccc(F)c2C)nc(C(C)(C)C)n1. The molecule has 0 aliphatic heterocycles. The van der Waals surface area contributed by atoms with Crippen molar-refractivity contribution < 1.29 is 4.39 Å². The minimum atomic E-state index is -0.214. The standard InChI is InChI=1S/C17H22FN3/c1-6-19-15-10-14(20-16(21-15)17(3,4)5)12-8-7-9-13(18)11(12)2/h7-10H,6H2,1-5H3,(H,19,20,21). The zero-order valence-electron chi connectivity index (χ0n) is 13.3. The zero-order chi connectivity index (χ0) is 15.6. The Labute approximate surface area is 125 Å². The second-order valence-corrected chi connectivity index (χ2v) is 6.15. The fraction of sp³-hybridized carbons (Fsp3) is 0.412. The molecule has 0 aliphatic carbocycles.